The van der Waals surface area contributed by atoms with E-state index >= 15 is 0 Å². The zero-order valence-corrected chi connectivity index (χ0v) is 22.6. The average Bonchev–Trinajstić information content (AvgIpc) is 3.56. The Morgan fingerprint density at radius 1 is 1.32 bits per heavy atom. The molecule has 1 N–H and O–H groups in total. The van der Waals surface area contributed by atoms with Gasteiger partial charge in [0.25, 0.3) is 5.91 Å². The maximum absolute atomic E-state index is 14.4. The normalized spacial score (nSPS) is 28.2. The zero-order chi connectivity index (χ0) is 27.4. The number of hydrogen-bond donors (Lipinski definition) is 1. The molecule has 3 aliphatic heterocycles. The second-order valence-corrected chi connectivity index (χ2v) is 10.6. The van der Waals surface area contributed by atoms with Gasteiger partial charge in [0, 0.05) is 6.54 Å². The molecule has 3 heterocycles. The summed E-state index contributed by atoms with van der Waals surface area (Å²) in [6, 6.07) is 5.36. The number of nitrogens with zero attached hydrogens (tertiary/aromatic N) is 2. The first-order chi connectivity index (χ1) is 18.4. The number of fused-ring (bicyclic) bond motifs is 1. The predicted octanol–water partition coefficient (Wildman–Crippen LogP) is 3.90. The number of amides is 2. The Balaban J connectivity index is 1.70. The number of likely N-dealkylation sites (tertiary alicyclic amines) is 1. The fourth-order valence-electron chi connectivity index (χ4n) is 6.36. The van der Waals surface area contributed by atoms with E-state index in [0.717, 1.165) is 12.8 Å². The fraction of sp³-hybridized carbons (Fsp3) is 0.552. The van der Waals surface area contributed by atoms with Crippen molar-refractivity contribution in [2.75, 3.05) is 24.7 Å². The highest BCUT2D eigenvalue weighted by atomic mass is 35.5. The summed E-state index contributed by atoms with van der Waals surface area (Å²) >= 11 is 6.47. The average molecular weight is 545 g/mol. The summed E-state index contributed by atoms with van der Waals surface area (Å²) in [4.78, 5) is 44.7. The molecule has 2 bridgehead atoms. The first-order valence-electron chi connectivity index (χ1n) is 13.4. The number of halogens is 1. The lowest BCUT2D eigenvalue weighted by Gasteiger charge is -2.39. The number of para-hydroxylation sites is 1. The first kappa shape index (κ1) is 28.3. The van der Waals surface area contributed by atoms with Crippen LogP contribution in [-0.2, 0) is 23.9 Å². The number of carbonyl (C=O) groups is 3. The number of benzene rings is 1. The van der Waals surface area contributed by atoms with Crippen LogP contribution in [-0.4, -0.2) is 71.3 Å². The van der Waals surface area contributed by atoms with Gasteiger partial charge in [0.15, 0.2) is 0 Å². The Hall–Kier alpha value is -2.68. The molecule has 8 nitrogen and oxygen atoms in total. The summed E-state index contributed by atoms with van der Waals surface area (Å²) in [6.45, 7) is 9.46. The molecule has 3 aliphatic rings. The molecule has 38 heavy (non-hydrogen) atoms. The SMILES string of the molecule is C=CCCCCOC(=O)[C@@H]1[C@H]2C(=O)N([C@@H](CC)CO)C(C(=O)N(CC=C)c3ccccc3Cl)C23CC[C@H]1O3. The number of carbonyl (C=O) groups excluding carboxylic acids is 3. The maximum Gasteiger partial charge on any atom is 0.312 e. The van der Waals surface area contributed by atoms with E-state index in [1.165, 1.54) is 9.80 Å². The van der Waals surface area contributed by atoms with Crippen LogP contribution in [0.3, 0.4) is 0 Å². The van der Waals surface area contributed by atoms with Crippen molar-refractivity contribution < 1.29 is 29.0 Å². The van der Waals surface area contributed by atoms with Gasteiger partial charge in [-0.3, -0.25) is 14.4 Å². The van der Waals surface area contributed by atoms with Crippen molar-refractivity contribution in [3.8, 4) is 0 Å². The monoisotopic (exact) mass is 544 g/mol. The van der Waals surface area contributed by atoms with Gasteiger partial charge in [-0.2, -0.15) is 0 Å². The van der Waals surface area contributed by atoms with Gasteiger partial charge in [0.1, 0.15) is 11.6 Å². The Morgan fingerprint density at radius 3 is 2.74 bits per heavy atom. The summed E-state index contributed by atoms with van der Waals surface area (Å²) in [5.41, 5.74) is -0.694. The largest absolute Gasteiger partial charge is 0.465 e. The van der Waals surface area contributed by atoms with E-state index in [1.807, 2.05) is 13.0 Å². The molecule has 206 valence electrons. The third-order valence-electron chi connectivity index (χ3n) is 8.09. The molecule has 2 unspecified atom stereocenters. The smallest absolute Gasteiger partial charge is 0.312 e. The molecule has 9 heteroatoms. The van der Waals surface area contributed by atoms with Crippen molar-refractivity contribution in [1.29, 1.82) is 0 Å². The summed E-state index contributed by atoms with van der Waals surface area (Å²) in [5.74, 6) is -2.83. The van der Waals surface area contributed by atoms with Gasteiger partial charge in [0.2, 0.25) is 5.91 Å². The molecule has 0 radical (unpaired) electrons. The Morgan fingerprint density at radius 2 is 2.08 bits per heavy atom. The van der Waals surface area contributed by atoms with Crippen LogP contribution in [0.1, 0.15) is 45.4 Å². The van der Waals surface area contributed by atoms with Crippen LogP contribution in [0.15, 0.2) is 49.6 Å². The molecule has 3 fully saturated rings. The van der Waals surface area contributed by atoms with Gasteiger partial charge in [-0.1, -0.05) is 42.8 Å². The van der Waals surface area contributed by atoms with Gasteiger partial charge in [-0.05, 0) is 50.7 Å². The molecule has 1 spiro atoms. The standard InChI is InChI=1S/C29H37ClN2O6/c1-4-7-8-11-17-37-28(36)23-22-14-15-29(38-22)24(23)26(34)32(19(6-3)18-33)25(29)27(35)31(16-5-2)21-13-10-9-12-20(21)30/h4-5,9-10,12-13,19,22-25,33H,1-2,6-8,11,14-18H2,3H3/t19-,22+,23-,24-,25?,29?/m0/s1. The first-order valence-corrected chi connectivity index (χ1v) is 13.8. The lowest BCUT2D eigenvalue weighted by molar-refractivity contribution is -0.156. The van der Waals surface area contributed by atoms with Crippen molar-refractivity contribution in [3.05, 3.63) is 54.6 Å². The van der Waals surface area contributed by atoms with E-state index in [1.54, 1.807) is 30.3 Å². The molecule has 0 saturated carbocycles. The minimum atomic E-state index is -1.19. The van der Waals surface area contributed by atoms with Crippen molar-refractivity contribution in [2.45, 2.75) is 69.2 Å². The zero-order valence-electron chi connectivity index (χ0n) is 21.9. The number of hydrogen-bond acceptors (Lipinski definition) is 6. The summed E-state index contributed by atoms with van der Waals surface area (Å²) in [5, 5.41) is 10.6. The minimum absolute atomic E-state index is 0.164. The predicted molar refractivity (Wildman–Crippen MR) is 145 cm³/mol. The highest BCUT2D eigenvalue weighted by molar-refractivity contribution is 6.34. The Kier molecular flexibility index (Phi) is 8.96. The van der Waals surface area contributed by atoms with Crippen LogP contribution < -0.4 is 4.90 Å². The number of aliphatic hydroxyl groups excluding tert-OH is 1. The van der Waals surface area contributed by atoms with Crippen LogP contribution in [0.5, 0.6) is 0 Å². The van der Waals surface area contributed by atoms with E-state index in [9.17, 15) is 19.5 Å². The van der Waals surface area contributed by atoms with Crippen LogP contribution in [0, 0.1) is 11.8 Å². The molecular formula is C29H37ClN2O6. The molecule has 6 atom stereocenters. The van der Waals surface area contributed by atoms with E-state index in [-0.39, 0.29) is 31.6 Å². The van der Waals surface area contributed by atoms with Gasteiger partial charge < -0.3 is 24.4 Å². The van der Waals surface area contributed by atoms with Crippen molar-refractivity contribution in [2.24, 2.45) is 11.8 Å². The molecule has 1 aromatic carbocycles. The van der Waals surface area contributed by atoms with Crippen LogP contribution in [0.4, 0.5) is 5.69 Å². The third-order valence-corrected chi connectivity index (χ3v) is 8.41. The second kappa shape index (κ2) is 12.0. The van der Waals surface area contributed by atoms with Crippen molar-refractivity contribution in [3.63, 3.8) is 0 Å². The van der Waals surface area contributed by atoms with Crippen molar-refractivity contribution >= 4 is 35.1 Å². The molecule has 2 amide bonds. The van der Waals surface area contributed by atoms with Crippen LogP contribution in [0.25, 0.3) is 0 Å². The van der Waals surface area contributed by atoms with E-state index in [2.05, 4.69) is 13.2 Å². The molecule has 0 aromatic heterocycles. The highest BCUT2D eigenvalue weighted by Gasteiger charge is 2.75. The number of anilines is 1. The Bertz CT molecular complexity index is 1070. The van der Waals surface area contributed by atoms with E-state index < -0.39 is 41.6 Å². The lowest BCUT2D eigenvalue weighted by Crippen LogP contribution is -2.59. The third kappa shape index (κ3) is 4.78. The lowest BCUT2D eigenvalue weighted by atomic mass is 9.70. The number of ether oxygens (including phenoxy) is 2. The number of allylic oxidation sites excluding steroid dienone is 1. The van der Waals surface area contributed by atoms with E-state index in [0.29, 0.717) is 36.4 Å². The Labute approximate surface area is 229 Å². The van der Waals surface area contributed by atoms with Crippen LogP contribution >= 0.6 is 11.6 Å². The highest BCUT2D eigenvalue weighted by Crippen LogP contribution is 2.59. The summed E-state index contributed by atoms with van der Waals surface area (Å²) in [6.07, 6.45) is 6.74. The van der Waals surface area contributed by atoms with Crippen LogP contribution in [0.2, 0.25) is 5.02 Å². The number of esters is 1. The fourth-order valence-corrected chi connectivity index (χ4v) is 6.60. The molecule has 0 aliphatic carbocycles. The van der Waals surface area contributed by atoms with Gasteiger partial charge in [0.05, 0.1) is 47.9 Å². The van der Waals surface area contributed by atoms with Crippen molar-refractivity contribution in [1.82, 2.24) is 4.90 Å². The minimum Gasteiger partial charge on any atom is -0.465 e. The summed E-state index contributed by atoms with van der Waals surface area (Å²) < 4.78 is 12.1. The molecule has 3 saturated heterocycles. The second-order valence-electron chi connectivity index (χ2n) is 10.2. The van der Waals surface area contributed by atoms with Gasteiger partial charge in [-0.25, -0.2) is 0 Å². The molecule has 4 rings (SSSR count). The topological polar surface area (TPSA) is 96.4 Å². The maximum atomic E-state index is 14.4. The van der Waals surface area contributed by atoms with Gasteiger partial charge >= 0.3 is 5.97 Å². The van der Waals surface area contributed by atoms with Gasteiger partial charge in [-0.15, -0.1) is 13.2 Å². The number of rotatable bonds is 13. The number of aliphatic hydroxyl groups is 1. The summed E-state index contributed by atoms with van der Waals surface area (Å²) in [7, 11) is 0. The number of unbranched alkanes of at least 4 members (excludes halogenated alkanes) is 2. The molecular weight excluding hydrogens is 508 g/mol. The van der Waals surface area contributed by atoms with E-state index in [4.69, 9.17) is 21.1 Å². The molecule has 1 aromatic rings. The quantitative estimate of drug-likeness (QED) is 0.230.